The predicted molar refractivity (Wildman–Crippen MR) is 112 cm³/mol. The Kier molecular flexibility index (Phi) is 7.31. The zero-order chi connectivity index (χ0) is 20.8. The van der Waals surface area contributed by atoms with Gasteiger partial charge in [0.05, 0.1) is 18.9 Å². The maximum Gasteiger partial charge on any atom is 0.472 e. The van der Waals surface area contributed by atoms with E-state index in [2.05, 4.69) is 22.8 Å². The average molecular weight is 415 g/mol. The van der Waals surface area contributed by atoms with Gasteiger partial charge in [0.2, 0.25) is 11.8 Å². The smallest absolute Gasteiger partial charge is 0.426 e. The van der Waals surface area contributed by atoms with Gasteiger partial charge >= 0.3 is 7.12 Å². The highest BCUT2D eigenvalue weighted by Crippen LogP contribution is 2.27. The van der Waals surface area contributed by atoms with E-state index >= 15 is 0 Å². The van der Waals surface area contributed by atoms with Gasteiger partial charge in [-0.15, -0.1) is 0 Å². The second-order valence-corrected chi connectivity index (χ2v) is 7.75. The summed E-state index contributed by atoms with van der Waals surface area (Å²) in [5, 5.41) is 23.8. The molecule has 0 heterocycles. The summed E-state index contributed by atoms with van der Waals surface area (Å²) in [4.78, 5) is 25.2. The Balaban J connectivity index is 1.70. The molecule has 2 amide bonds. The molecule has 0 saturated carbocycles. The van der Waals surface area contributed by atoms with Crippen LogP contribution in [0.5, 0.6) is 0 Å². The Labute approximate surface area is 175 Å². The Morgan fingerprint density at radius 1 is 1.14 bits per heavy atom. The first-order chi connectivity index (χ1) is 13.9. The molecule has 0 saturated heterocycles. The molecule has 0 radical (unpaired) electrons. The number of aryl methyl sites for hydroxylation is 1. The predicted octanol–water partition coefficient (Wildman–Crippen LogP) is 1.82. The Morgan fingerprint density at radius 2 is 1.90 bits per heavy atom. The van der Waals surface area contributed by atoms with Gasteiger partial charge in [-0.3, -0.25) is 9.59 Å². The van der Waals surface area contributed by atoms with Crippen molar-refractivity contribution in [2.24, 2.45) is 5.92 Å². The lowest BCUT2D eigenvalue weighted by Crippen LogP contribution is -2.40. The molecule has 0 aliphatic heterocycles. The Morgan fingerprint density at radius 3 is 2.62 bits per heavy atom. The molecule has 2 aromatic carbocycles. The minimum Gasteiger partial charge on any atom is -0.426 e. The number of carbonyl (C=O) groups is 2. The molecular weight excluding hydrogens is 391 g/mol. The molecule has 2 atom stereocenters. The van der Waals surface area contributed by atoms with Crippen LogP contribution in [-0.4, -0.2) is 35.4 Å². The van der Waals surface area contributed by atoms with E-state index in [1.807, 2.05) is 12.1 Å². The van der Waals surface area contributed by atoms with E-state index in [0.29, 0.717) is 11.4 Å². The van der Waals surface area contributed by atoms with Crippen LogP contribution in [0.3, 0.4) is 0 Å². The van der Waals surface area contributed by atoms with Gasteiger partial charge in [-0.05, 0) is 48.1 Å². The first-order valence-corrected chi connectivity index (χ1v) is 10.1. The minimum atomic E-state index is -1.62. The molecule has 8 heteroatoms. The largest absolute Gasteiger partial charge is 0.472 e. The number of hydrogen-bond donors (Lipinski definition) is 4. The van der Waals surface area contributed by atoms with Gasteiger partial charge in [-0.1, -0.05) is 48.0 Å². The summed E-state index contributed by atoms with van der Waals surface area (Å²) in [6, 6.07) is 14.6. The molecule has 0 fully saturated rings. The highest BCUT2D eigenvalue weighted by Gasteiger charge is 2.27. The highest BCUT2D eigenvalue weighted by molar-refractivity contribution is 6.41. The number of hydrogen-bond acceptors (Lipinski definition) is 4. The molecule has 0 spiro atoms. The average Bonchev–Trinajstić information content (AvgIpc) is 2.71. The fourth-order valence-corrected chi connectivity index (χ4v) is 3.85. The van der Waals surface area contributed by atoms with Gasteiger partial charge in [0.15, 0.2) is 0 Å². The van der Waals surface area contributed by atoms with Gasteiger partial charge in [0.25, 0.3) is 0 Å². The molecule has 0 bridgehead atoms. The van der Waals surface area contributed by atoms with E-state index in [-0.39, 0.29) is 24.7 Å². The molecule has 2 unspecified atom stereocenters. The van der Waals surface area contributed by atoms with Crippen LogP contribution in [-0.2, 0) is 22.4 Å². The third kappa shape index (κ3) is 6.06. The minimum absolute atomic E-state index is 0.0257. The van der Waals surface area contributed by atoms with Gasteiger partial charge in [0, 0.05) is 10.9 Å². The van der Waals surface area contributed by atoms with Crippen LogP contribution in [0.25, 0.3) is 0 Å². The lowest BCUT2D eigenvalue weighted by molar-refractivity contribution is -0.126. The molecule has 4 N–H and O–H groups in total. The quantitative estimate of drug-likeness (QED) is 0.519. The fraction of sp³-hybridized carbons (Fsp3) is 0.333. The summed E-state index contributed by atoms with van der Waals surface area (Å²) >= 11 is 6.09. The zero-order valence-electron chi connectivity index (χ0n) is 16.0. The Bertz CT molecular complexity index is 877. The number of halogens is 1. The molecular formula is C21H24BClN2O4. The normalized spacial score (nSPS) is 16.4. The Hall–Kier alpha value is -2.35. The number of carbonyl (C=O) groups excluding carboxylic acids is 2. The van der Waals surface area contributed by atoms with Crippen LogP contribution in [0.15, 0.2) is 48.5 Å². The topological polar surface area (TPSA) is 98.7 Å². The lowest BCUT2D eigenvalue weighted by atomic mass is 9.83. The van der Waals surface area contributed by atoms with Crippen molar-refractivity contribution in [3.8, 4) is 0 Å². The van der Waals surface area contributed by atoms with Crippen molar-refractivity contribution in [2.75, 3.05) is 6.44 Å². The van der Waals surface area contributed by atoms with Gasteiger partial charge < -0.3 is 20.7 Å². The van der Waals surface area contributed by atoms with Crippen LogP contribution in [0.4, 0.5) is 0 Å². The SMILES string of the molecule is O=C(CC(NC(=O)C1CCc2ccccc2C1)c1cccc(Cl)c1)NCB(O)O. The van der Waals surface area contributed by atoms with E-state index in [4.69, 9.17) is 21.6 Å². The molecule has 0 aromatic heterocycles. The maximum absolute atomic E-state index is 13.0. The first kappa shape index (κ1) is 21.4. The van der Waals surface area contributed by atoms with Crippen LogP contribution < -0.4 is 10.6 Å². The van der Waals surface area contributed by atoms with E-state index in [0.717, 1.165) is 18.4 Å². The number of nitrogens with one attached hydrogen (secondary N) is 2. The van der Waals surface area contributed by atoms with Gasteiger partial charge in [-0.2, -0.15) is 0 Å². The third-order valence-electron chi connectivity index (χ3n) is 5.16. The summed E-state index contributed by atoms with van der Waals surface area (Å²) in [7, 11) is -1.62. The first-order valence-electron chi connectivity index (χ1n) is 9.68. The van der Waals surface area contributed by atoms with Gasteiger partial charge in [0.1, 0.15) is 0 Å². The van der Waals surface area contributed by atoms with Crippen molar-refractivity contribution in [2.45, 2.75) is 31.7 Å². The van der Waals surface area contributed by atoms with Crippen molar-refractivity contribution >= 4 is 30.5 Å². The van der Waals surface area contributed by atoms with E-state index in [1.54, 1.807) is 24.3 Å². The summed E-state index contributed by atoms with van der Waals surface area (Å²) in [6.45, 7) is 0. The summed E-state index contributed by atoms with van der Waals surface area (Å²) in [5.41, 5.74) is 3.19. The molecule has 152 valence electrons. The van der Waals surface area contributed by atoms with Crippen LogP contribution in [0, 0.1) is 5.92 Å². The second kappa shape index (κ2) is 9.92. The fourth-order valence-electron chi connectivity index (χ4n) is 3.65. The maximum atomic E-state index is 13.0. The van der Waals surface area contributed by atoms with Crippen molar-refractivity contribution in [1.82, 2.24) is 10.6 Å². The number of rotatable bonds is 7. The number of benzene rings is 2. The summed E-state index contributed by atoms with van der Waals surface area (Å²) < 4.78 is 0. The number of fused-ring (bicyclic) bond motifs is 1. The van der Waals surface area contributed by atoms with Crippen molar-refractivity contribution < 1.29 is 19.6 Å². The second-order valence-electron chi connectivity index (χ2n) is 7.31. The molecule has 2 aromatic rings. The van der Waals surface area contributed by atoms with E-state index < -0.39 is 19.1 Å². The summed E-state index contributed by atoms with van der Waals surface area (Å²) in [5.74, 6) is -0.647. The van der Waals surface area contributed by atoms with Crippen molar-refractivity contribution in [3.63, 3.8) is 0 Å². The van der Waals surface area contributed by atoms with Crippen LogP contribution >= 0.6 is 11.6 Å². The van der Waals surface area contributed by atoms with Crippen molar-refractivity contribution in [1.29, 1.82) is 0 Å². The highest BCUT2D eigenvalue weighted by atomic mass is 35.5. The molecule has 6 nitrogen and oxygen atoms in total. The standard InChI is InChI=1S/C21H24BClN2O4/c23-18-7-3-6-16(11-18)19(12-20(26)24-13-22(28)29)25-21(27)17-9-8-14-4-1-2-5-15(14)10-17/h1-7,11,17,19,28-29H,8-10,12-13H2,(H,24,26)(H,25,27). The van der Waals surface area contributed by atoms with E-state index in [9.17, 15) is 9.59 Å². The third-order valence-corrected chi connectivity index (χ3v) is 5.39. The summed E-state index contributed by atoms with van der Waals surface area (Å²) in [6.07, 6.45) is 1.99. The molecule has 1 aliphatic rings. The molecule has 29 heavy (non-hydrogen) atoms. The molecule has 3 rings (SSSR count). The van der Waals surface area contributed by atoms with E-state index in [1.165, 1.54) is 11.1 Å². The van der Waals surface area contributed by atoms with Gasteiger partial charge in [-0.25, -0.2) is 0 Å². The van der Waals surface area contributed by atoms with Crippen molar-refractivity contribution in [3.05, 3.63) is 70.2 Å². The van der Waals surface area contributed by atoms with Crippen LogP contribution in [0.1, 0.15) is 35.6 Å². The lowest BCUT2D eigenvalue weighted by Gasteiger charge is -2.27. The molecule has 1 aliphatic carbocycles. The number of amides is 2. The monoisotopic (exact) mass is 414 g/mol. The van der Waals surface area contributed by atoms with Crippen LogP contribution in [0.2, 0.25) is 5.02 Å². The zero-order valence-corrected chi connectivity index (χ0v) is 16.7.